The van der Waals surface area contributed by atoms with Crippen LogP contribution in [-0.2, 0) is 0 Å². The van der Waals surface area contributed by atoms with Crippen LogP contribution in [0.1, 0.15) is 11.1 Å². The molecule has 0 amide bonds. The quantitative estimate of drug-likeness (QED) is 0.405. The third-order valence-corrected chi connectivity index (χ3v) is 2.07. The summed E-state index contributed by atoms with van der Waals surface area (Å²) >= 11 is 0. The molecule has 16 heavy (non-hydrogen) atoms. The van der Waals surface area contributed by atoms with Crippen molar-refractivity contribution >= 4 is 12.2 Å². The van der Waals surface area contributed by atoms with Gasteiger partial charge in [-0.05, 0) is 11.1 Å². The van der Waals surface area contributed by atoms with Crippen molar-refractivity contribution in [2.24, 2.45) is 0 Å². The molecule has 0 aliphatic rings. The molecule has 0 saturated carbocycles. The Bertz CT molecular complexity index is 366. The molecule has 2 rings (SSSR count). The van der Waals surface area contributed by atoms with E-state index in [9.17, 15) is 0 Å². The first-order chi connectivity index (χ1) is 6.95. The largest absolute Gasteiger partial charge is 1.00 e. The van der Waals surface area contributed by atoms with Gasteiger partial charge in [0.2, 0.25) is 0 Å². The van der Waals surface area contributed by atoms with Gasteiger partial charge in [0.05, 0.1) is 0 Å². The van der Waals surface area contributed by atoms with Gasteiger partial charge in [-0.2, -0.15) is 0 Å². The molecule has 0 aliphatic heterocycles. The molecule has 0 heterocycles. The predicted molar refractivity (Wildman–Crippen MR) is 61.8 cm³/mol. The zero-order valence-electron chi connectivity index (χ0n) is 9.93. The third-order valence-electron chi connectivity index (χ3n) is 2.07. The Morgan fingerprint density at radius 1 is 0.500 bits per heavy atom. The SMILES string of the molecule is C(=C\c1ccccc1)/c1ccccc1.[Na+].[Na+]. The van der Waals surface area contributed by atoms with Crippen LogP contribution in [-0.4, -0.2) is 0 Å². The Kier molecular flexibility index (Phi) is 9.34. The first kappa shape index (κ1) is 16.2. The van der Waals surface area contributed by atoms with E-state index in [4.69, 9.17) is 0 Å². The van der Waals surface area contributed by atoms with E-state index in [2.05, 4.69) is 36.4 Å². The summed E-state index contributed by atoms with van der Waals surface area (Å²) in [7, 11) is 0. The zero-order valence-corrected chi connectivity index (χ0v) is 13.9. The Hall–Kier alpha value is 0.180. The molecule has 2 aromatic rings. The van der Waals surface area contributed by atoms with Crippen LogP contribution in [0.2, 0.25) is 0 Å². The maximum absolute atomic E-state index is 2.12. The minimum Gasteiger partial charge on any atom is -0.0622 e. The van der Waals surface area contributed by atoms with Crippen LogP contribution in [0.3, 0.4) is 0 Å². The first-order valence-corrected chi connectivity index (χ1v) is 4.73. The van der Waals surface area contributed by atoms with Crippen molar-refractivity contribution in [3.05, 3.63) is 71.8 Å². The van der Waals surface area contributed by atoms with Crippen LogP contribution in [0.25, 0.3) is 12.2 Å². The van der Waals surface area contributed by atoms with Gasteiger partial charge in [0.25, 0.3) is 0 Å². The molecule has 0 atom stereocenters. The van der Waals surface area contributed by atoms with Crippen LogP contribution in [0.5, 0.6) is 0 Å². The van der Waals surface area contributed by atoms with Crippen LogP contribution in [0.4, 0.5) is 0 Å². The summed E-state index contributed by atoms with van der Waals surface area (Å²) in [5.74, 6) is 0. The van der Waals surface area contributed by atoms with Crippen molar-refractivity contribution in [3.63, 3.8) is 0 Å². The Balaban J connectivity index is 0.00000112. The van der Waals surface area contributed by atoms with Gasteiger partial charge in [-0.3, -0.25) is 0 Å². The predicted octanol–water partition coefficient (Wildman–Crippen LogP) is -2.13. The van der Waals surface area contributed by atoms with Gasteiger partial charge in [0.15, 0.2) is 0 Å². The van der Waals surface area contributed by atoms with E-state index in [0.29, 0.717) is 0 Å². The molecular weight excluding hydrogens is 214 g/mol. The van der Waals surface area contributed by atoms with Gasteiger partial charge in [-0.15, -0.1) is 0 Å². The molecule has 0 aromatic heterocycles. The average molecular weight is 226 g/mol. The molecule has 0 saturated heterocycles. The van der Waals surface area contributed by atoms with Crippen LogP contribution in [0.15, 0.2) is 60.7 Å². The summed E-state index contributed by atoms with van der Waals surface area (Å²) in [4.78, 5) is 0. The van der Waals surface area contributed by atoms with E-state index in [1.807, 2.05) is 36.4 Å². The fraction of sp³-hybridized carbons (Fsp3) is 0. The van der Waals surface area contributed by atoms with E-state index < -0.39 is 0 Å². The zero-order chi connectivity index (χ0) is 9.64. The molecular formula is C14H12Na2+2. The van der Waals surface area contributed by atoms with Gasteiger partial charge in [-0.1, -0.05) is 72.8 Å². The summed E-state index contributed by atoms with van der Waals surface area (Å²) in [6.07, 6.45) is 4.24. The van der Waals surface area contributed by atoms with Crippen molar-refractivity contribution in [1.82, 2.24) is 0 Å². The van der Waals surface area contributed by atoms with Crippen molar-refractivity contribution in [2.45, 2.75) is 0 Å². The molecule has 0 unspecified atom stereocenters. The molecule has 0 bridgehead atoms. The van der Waals surface area contributed by atoms with Crippen LogP contribution >= 0.6 is 0 Å². The molecule has 2 aromatic carbocycles. The Morgan fingerprint density at radius 3 is 1.12 bits per heavy atom. The van der Waals surface area contributed by atoms with Gasteiger partial charge < -0.3 is 0 Å². The van der Waals surface area contributed by atoms with Gasteiger partial charge >= 0.3 is 59.1 Å². The normalized spacial score (nSPS) is 9.25. The minimum atomic E-state index is 0. The summed E-state index contributed by atoms with van der Waals surface area (Å²) in [6.45, 7) is 0. The molecule has 68 valence electrons. The number of benzene rings is 2. The standard InChI is InChI=1S/C14H12.2Na/c1-3-7-13(8-4-1)11-12-14-9-5-2-6-10-14;;/h1-12H;;/q;2*+1/b12-11+;;. The van der Waals surface area contributed by atoms with Crippen LogP contribution < -0.4 is 59.1 Å². The van der Waals surface area contributed by atoms with E-state index in [1.54, 1.807) is 0 Å². The minimum absolute atomic E-state index is 0. The number of hydrogen-bond donors (Lipinski definition) is 0. The summed E-state index contributed by atoms with van der Waals surface area (Å²) in [6, 6.07) is 20.6. The molecule has 0 N–H and O–H groups in total. The van der Waals surface area contributed by atoms with Gasteiger partial charge in [-0.25, -0.2) is 0 Å². The van der Waals surface area contributed by atoms with Crippen molar-refractivity contribution in [2.75, 3.05) is 0 Å². The second-order valence-corrected chi connectivity index (χ2v) is 3.15. The summed E-state index contributed by atoms with van der Waals surface area (Å²) in [5, 5.41) is 0. The van der Waals surface area contributed by atoms with E-state index in [-0.39, 0.29) is 59.1 Å². The Labute approximate surface area is 141 Å². The van der Waals surface area contributed by atoms with Gasteiger partial charge in [0, 0.05) is 0 Å². The maximum atomic E-state index is 2.12. The second-order valence-electron chi connectivity index (χ2n) is 3.15. The first-order valence-electron chi connectivity index (χ1n) is 4.73. The topological polar surface area (TPSA) is 0 Å². The van der Waals surface area contributed by atoms with Crippen molar-refractivity contribution in [1.29, 1.82) is 0 Å². The molecule has 0 aliphatic carbocycles. The van der Waals surface area contributed by atoms with E-state index >= 15 is 0 Å². The maximum Gasteiger partial charge on any atom is 1.00 e. The fourth-order valence-corrected chi connectivity index (χ4v) is 1.32. The van der Waals surface area contributed by atoms with E-state index in [0.717, 1.165) is 0 Å². The van der Waals surface area contributed by atoms with Crippen LogP contribution in [0, 0.1) is 0 Å². The van der Waals surface area contributed by atoms with Crippen molar-refractivity contribution < 1.29 is 59.1 Å². The van der Waals surface area contributed by atoms with Crippen molar-refractivity contribution in [3.8, 4) is 0 Å². The summed E-state index contributed by atoms with van der Waals surface area (Å²) in [5.41, 5.74) is 2.47. The third kappa shape index (κ3) is 5.49. The number of rotatable bonds is 2. The van der Waals surface area contributed by atoms with E-state index in [1.165, 1.54) is 11.1 Å². The number of hydrogen-bond acceptors (Lipinski definition) is 0. The molecule has 0 spiro atoms. The Morgan fingerprint density at radius 2 is 0.812 bits per heavy atom. The smallest absolute Gasteiger partial charge is 0.0622 e. The van der Waals surface area contributed by atoms with Gasteiger partial charge in [0.1, 0.15) is 0 Å². The summed E-state index contributed by atoms with van der Waals surface area (Å²) < 4.78 is 0. The second kappa shape index (κ2) is 9.23. The average Bonchev–Trinajstić information content (AvgIpc) is 2.29. The molecule has 2 heteroatoms. The fourth-order valence-electron chi connectivity index (χ4n) is 1.32. The molecule has 0 nitrogen and oxygen atoms in total. The monoisotopic (exact) mass is 226 g/mol. The molecule has 0 fully saturated rings. The molecule has 0 radical (unpaired) electrons.